The number of carbonyl (C=O) groups excluding carboxylic acids is 2. The van der Waals surface area contributed by atoms with Crippen LogP contribution in [0.1, 0.15) is 36.7 Å². The van der Waals surface area contributed by atoms with E-state index in [0.717, 1.165) is 11.4 Å². The topological polar surface area (TPSA) is 93.1 Å². The first-order chi connectivity index (χ1) is 14.8. The lowest BCUT2D eigenvalue weighted by Crippen LogP contribution is -2.37. The fourth-order valence-corrected chi connectivity index (χ4v) is 3.41. The van der Waals surface area contributed by atoms with Gasteiger partial charge in [-0.2, -0.15) is 0 Å². The van der Waals surface area contributed by atoms with Gasteiger partial charge in [0.1, 0.15) is 23.0 Å². The molecule has 31 heavy (non-hydrogen) atoms. The van der Waals surface area contributed by atoms with E-state index in [4.69, 9.17) is 9.47 Å². The molecule has 0 saturated heterocycles. The number of pyridine rings is 1. The van der Waals surface area contributed by atoms with Gasteiger partial charge in [-0.05, 0) is 45.0 Å². The van der Waals surface area contributed by atoms with Crippen molar-refractivity contribution >= 4 is 23.3 Å². The van der Waals surface area contributed by atoms with Crippen molar-refractivity contribution in [3.8, 4) is 5.75 Å². The van der Waals surface area contributed by atoms with Crippen molar-refractivity contribution in [3.05, 3.63) is 65.7 Å². The first-order valence-electron chi connectivity index (χ1n) is 10.0. The number of benzene rings is 1. The molecule has 2 aromatic rings. The summed E-state index contributed by atoms with van der Waals surface area (Å²) in [5.74, 6) is 1.23. The summed E-state index contributed by atoms with van der Waals surface area (Å²) < 4.78 is 11.1. The maximum atomic E-state index is 12.7. The summed E-state index contributed by atoms with van der Waals surface area (Å²) in [6.45, 7) is 6.48. The third-order valence-corrected chi connectivity index (χ3v) is 4.63. The Morgan fingerprint density at radius 3 is 2.81 bits per heavy atom. The molecule has 4 rings (SSSR count). The Bertz CT molecular complexity index is 1070. The maximum absolute atomic E-state index is 12.7. The van der Waals surface area contributed by atoms with E-state index in [1.165, 1.54) is 12.3 Å². The van der Waals surface area contributed by atoms with Gasteiger partial charge in [0, 0.05) is 36.1 Å². The first kappa shape index (κ1) is 20.6. The Morgan fingerprint density at radius 1 is 1.23 bits per heavy atom. The number of fused-ring (bicyclic) bond motifs is 3. The highest BCUT2D eigenvalue weighted by atomic mass is 16.6. The van der Waals surface area contributed by atoms with Crippen molar-refractivity contribution in [2.24, 2.45) is 4.99 Å². The van der Waals surface area contributed by atoms with E-state index in [1.54, 1.807) is 45.2 Å². The van der Waals surface area contributed by atoms with E-state index in [2.05, 4.69) is 15.3 Å². The van der Waals surface area contributed by atoms with Gasteiger partial charge in [0.15, 0.2) is 12.4 Å². The van der Waals surface area contributed by atoms with Crippen LogP contribution in [0.15, 0.2) is 59.6 Å². The van der Waals surface area contributed by atoms with Crippen molar-refractivity contribution in [2.75, 3.05) is 25.0 Å². The second-order valence-corrected chi connectivity index (χ2v) is 8.17. The molecule has 2 aliphatic rings. The molecule has 0 bridgehead atoms. The molecule has 2 aliphatic heterocycles. The van der Waals surface area contributed by atoms with Crippen LogP contribution in [0.25, 0.3) is 0 Å². The van der Waals surface area contributed by atoms with Crippen LogP contribution in [-0.2, 0) is 9.53 Å². The van der Waals surface area contributed by atoms with E-state index >= 15 is 0 Å². The molecule has 1 N–H and O–H groups in total. The zero-order valence-corrected chi connectivity index (χ0v) is 17.7. The number of para-hydroxylation sites is 1. The van der Waals surface area contributed by atoms with Gasteiger partial charge < -0.3 is 19.7 Å². The molecule has 160 valence electrons. The third kappa shape index (κ3) is 4.58. The van der Waals surface area contributed by atoms with Gasteiger partial charge >= 0.3 is 5.97 Å². The minimum atomic E-state index is -0.587. The van der Waals surface area contributed by atoms with E-state index in [-0.39, 0.29) is 12.4 Å². The lowest BCUT2D eigenvalue weighted by Gasteiger charge is -2.32. The predicted octanol–water partition coefficient (Wildman–Crippen LogP) is 3.01. The summed E-state index contributed by atoms with van der Waals surface area (Å²) in [5, 5.41) is 3.30. The molecule has 0 unspecified atom stereocenters. The fraction of sp³-hybridized carbons (Fsp3) is 0.304. The Hall–Kier alpha value is -3.68. The number of amidine groups is 1. The van der Waals surface area contributed by atoms with Crippen molar-refractivity contribution in [2.45, 2.75) is 26.4 Å². The highest BCUT2D eigenvalue weighted by Crippen LogP contribution is 2.37. The molecule has 3 heterocycles. The minimum absolute atomic E-state index is 0.169. The van der Waals surface area contributed by atoms with Gasteiger partial charge in [-0.1, -0.05) is 6.07 Å². The lowest BCUT2D eigenvalue weighted by atomic mass is 10.1. The molecule has 0 amide bonds. The highest BCUT2D eigenvalue weighted by molar-refractivity contribution is 6.11. The fourth-order valence-electron chi connectivity index (χ4n) is 3.41. The largest absolute Gasteiger partial charge is 0.480 e. The molecular weight excluding hydrogens is 396 g/mol. The Morgan fingerprint density at radius 2 is 2.06 bits per heavy atom. The summed E-state index contributed by atoms with van der Waals surface area (Å²) in [5.41, 5.74) is 1.42. The van der Waals surface area contributed by atoms with Gasteiger partial charge in [-0.3, -0.25) is 14.8 Å². The van der Waals surface area contributed by atoms with Crippen LogP contribution < -0.4 is 10.1 Å². The molecule has 0 saturated carbocycles. The summed E-state index contributed by atoms with van der Waals surface area (Å²) in [7, 11) is 0. The highest BCUT2D eigenvalue weighted by Gasteiger charge is 2.32. The summed E-state index contributed by atoms with van der Waals surface area (Å²) in [4.78, 5) is 35.4. The Balaban J connectivity index is 1.61. The van der Waals surface area contributed by atoms with E-state index < -0.39 is 11.6 Å². The van der Waals surface area contributed by atoms with Crippen LogP contribution in [0.5, 0.6) is 5.75 Å². The molecule has 0 spiro atoms. The monoisotopic (exact) mass is 420 g/mol. The molecule has 0 fully saturated rings. The number of esters is 1. The SMILES string of the molecule is CC(C)(C)OC(=O)COc1cccc2c1NC(=CC(=O)c1cccnc1)N1CCN=C21. The normalized spacial score (nSPS) is 16.2. The number of aromatic nitrogens is 1. The number of ether oxygens (including phenoxy) is 2. The van der Waals surface area contributed by atoms with Gasteiger partial charge in [0.05, 0.1) is 12.2 Å². The van der Waals surface area contributed by atoms with Crippen LogP contribution >= 0.6 is 0 Å². The molecule has 1 aromatic carbocycles. The average Bonchev–Trinajstić information content (AvgIpc) is 3.22. The zero-order valence-electron chi connectivity index (χ0n) is 17.7. The van der Waals surface area contributed by atoms with Gasteiger partial charge in [0.2, 0.25) is 0 Å². The van der Waals surface area contributed by atoms with Crippen LogP contribution in [-0.4, -0.2) is 52.8 Å². The second kappa shape index (κ2) is 8.22. The van der Waals surface area contributed by atoms with E-state index in [9.17, 15) is 9.59 Å². The Labute approximate surface area is 180 Å². The average molecular weight is 420 g/mol. The number of ketones is 1. The number of hydrogen-bond acceptors (Lipinski definition) is 8. The lowest BCUT2D eigenvalue weighted by molar-refractivity contribution is -0.157. The molecule has 0 aliphatic carbocycles. The molecule has 0 radical (unpaired) electrons. The number of nitrogens with one attached hydrogen (secondary N) is 1. The second-order valence-electron chi connectivity index (χ2n) is 8.17. The summed E-state index contributed by atoms with van der Waals surface area (Å²) in [6, 6.07) is 8.99. The quantitative estimate of drug-likeness (QED) is 0.451. The van der Waals surface area contributed by atoms with Gasteiger partial charge in [0.25, 0.3) is 0 Å². The zero-order chi connectivity index (χ0) is 22.0. The van der Waals surface area contributed by atoms with Crippen LogP contribution in [0.2, 0.25) is 0 Å². The van der Waals surface area contributed by atoms with Crippen molar-refractivity contribution in [1.29, 1.82) is 0 Å². The van der Waals surface area contributed by atoms with Crippen molar-refractivity contribution < 1.29 is 19.1 Å². The van der Waals surface area contributed by atoms with Crippen molar-refractivity contribution in [1.82, 2.24) is 9.88 Å². The minimum Gasteiger partial charge on any atom is -0.480 e. The molecule has 0 atom stereocenters. The number of aliphatic imine (C=N–C) groups is 1. The molecular formula is C23H24N4O4. The number of anilines is 1. The number of hydrogen-bond donors (Lipinski definition) is 1. The van der Waals surface area contributed by atoms with E-state index in [1.807, 2.05) is 17.0 Å². The number of nitrogens with zero attached hydrogens (tertiary/aromatic N) is 3. The smallest absolute Gasteiger partial charge is 0.344 e. The first-order valence-corrected chi connectivity index (χ1v) is 10.0. The summed E-state index contributed by atoms with van der Waals surface area (Å²) >= 11 is 0. The van der Waals surface area contributed by atoms with Gasteiger partial charge in [-0.25, -0.2) is 4.79 Å². The van der Waals surface area contributed by atoms with Crippen LogP contribution in [0.3, 0.4) is 0 Å². The van der Waals surface area contributed by atoms with Crippen LogP contribution in [0.4, 0.5) is 5.69 Å². The third-order valence-electron chi connectivity index (χ3n) is 4.63. The van der Waals surface area contributed by atoms with Crippen molar-refractivity contribution in [3.63, 3.8) is 0 Å². The summed E-state index contributed by atoms with van der Waals surface area (Å²) in [6.07, 6.45) is 4.69. The molecule has 8 heteroatoms. The molecule has 1 aromatic heterocycles. The number of allylic oxidation sites excluding steroid dienone is 1. The van der Waals surface area contributed by atoms with Gasteiger partial charge in [-0.15, -0.1) is 0 Å². The number of carbonyl (C=O) groups is 2. The Kier molecular flexibility index (Phi) is 5.46. The van der Waals surface area contributed by atoms with Crippen LogP contribution in [0, 0.1) is 0 Å². The maximum Gasteiger partial charge on any atom is 0.344 e. The number of rotatable bonds is 5. The predicted molar refractivity (Wildman–Crippen MR) is 116 cm³/mol. The standard InChI is InChI=1S/C23H24N4O4/c1-23(2,3)31-20(29)14-30-18-8-4-7-16-21(18)26-19(27-11-10-25-22(16)27)12-17(28)15-6-5-9-24-13-15/h4-9,12-13,26H,10-11,14H2,1-3H3. The molecule has 8 nitrogen and oxygen atoms in total. The van der Waals surface area contributed by atoms with E-state index in [0.29, 0.717) is 35.9 Å².